The summed E-state index contributed by atoms with van der Waals surface area (Å²) in [6.07, 6.45) is 0. The predicted octanol–water partition coefficient (Wildman–Crippen LogP) is 2.36. The first kappa shape index (κ1) is 9.46. The molecule has 0 atom stereocenters. The molecule has 0 spiro atoms. The molecule has 0 saturated carbocycles. The van der Waals surface area contributed by atoms with Gasteiger partial charge in [0.25, 0.3) is 0 Å². The normalized spacial score (nSPS) is 45.7. The lowest BCUT2D eigenvalue weighted by Gasteiger charge is -2.31. The SMILES string of the molecule is CC1(CF)COP(=O)(Cl)OC1. The van der Waals surface area contributed by atoms with Crippen LogP contribution in [0.1, 0.15) is 6.92 Å². The Morgan fingerprint density at radius 2 is 2.09 bits per heavy atom. The topological polar surface area (TPSA) is 35.5 Å². The molecule has 6 heteroatoms. The third-order valence-corrected chi connectivity index (χ3v) is 2.92. The molecule has 0 aromatic rings. The molecule has 1 rings (SSSR count). The van der Waals surface area contributed by atoms with Crippen LogP contribution < -0.4 is 0 Å². The molecule has 0 aliphatic carbocycles. The van der Waals surface area contributed by atoms with Crippen LogP contribution in [0.5, 0.6) is 0 Å². The average molecular weight is 203 g/mol. The number of hydrogen-bond donors (Lipinski definition) is 0. The van der Waals surface area contributed by atoms with E-state index in [-0.39, 0.29) is 13.2 Å². The molecule has 1 aliphatic heterocycles. The van der Waals surface area contributed by atoms with Crippen molar-refractivity contribution in [3.8, 4) is 0 Å². The van der Waals surface area contributed by atoms with Crippen molar-refractivity contribution in [3.05, 3.63) is 0 Å². The fraction of sp³-hybridized carbons (Fsp3) is 1.00. The van der Waals surface area contributed by atoms with Crippen molar-refractivity contribution in [2.45, 2.75) is 6.92 Å². The van der Waals surface area contributed by atoms with Crippen LogP contribution in [0, 0.1) is 5.41 Å². The van der Waals surface area contributed by atoms with Gasteiger partial charge >= 0.3 is 6.95 Å². The summed E-state index contributed by atoms with van der Waals surface area (Å²) in [6.45, 7) is -2.21. The van der Waals surface area contributed by atoms with Gasteiger partial charge in [0.05, 0.1) is 19.9 Å². The van der Waals surface area contributed by atoms with Gasteiger partial charge in [-0.15, -0.1) is 0 Å². The minimum Gasteiger partial charge on any atom is -0.296 e. The monoisotopic (exact) mass is 202 g/mol. The van der Waals surface area contributed by atoms with E-state index in [0.29, 0.717) is 0 Å². The second kappa shape index (κ2) is 3.02. The second-order valence-electron chi connectivity index (χ2n) is 2.92. The largest absolute Gasteiger partial charge is 0.424 e. The maximum absolute atomic E-state index is 12.2. The molecule has 0 unspecified atom stereocenters. The van der Waals surface area contributed by atoms with Gasteiger partial charge in [0.15, 0.2) is 0 Å². The number of halogens is 2. The highest BCUT2D eigenvalue weighted by molar-refractivity contribution is 7.81. The Labute approximate surface area is 69.1 Å². The molecule has 0 aromatic heterocycles. The van der Waals surface area contributed by atoms with Crippen molar-refractivity contribution in [3.63, 3.8) is 0 Å². The molecule has 11 heavy (non-hydrogen) atoms. The molecule has 0 N–H and O–H groups in total. The van der Waals surface area contributed by atoms with E-state index in [0.717, 1.165) is 0 Å². The van der Waals surface area contributed by atoms with Gasteiger partial charge in [-0.2, -0.15) is 0 Å². The molecular weight excluding hydrogens is 193 g/mol. The van der Waals surface area contributed by atoms with Crippen molar-refractivity contribution in [2.24, 2.45) is 5.41 Å². The summed E-state index contributed by atoms with van der Waals surface area (Å²) in [6, 6.07) is 0. The average Bonchev–Trinajstić information content (AvgIpc) is 1.97. The zero-order chi connectivity index (χ0) is 8.54. The molecule has 1 aliphatic rings. The van der Waals surface area contributed by atoms with Gasteiger partial charge in [0.1, 0.15) is 0 Å². The highest BCUT2D eigenvalue weighted by atomic mass is 35.7. The van der Waals surface area contributed by atoms with Crippen LogP contribution in [-0.4, -0.2) is 19.9 Å². The lowest BCUT2D eigenvalue weighted by molar-refractivity contribution is 0.0198. The Balaban J connectivity index is 2.54. The van der Waals surface area contributed by atoms with Crippen LogP contribution in [0.4, 0.5) is 4.39 Å². The Bertz CT molecular complexity index is 186. The molecule has 66 valence electrons. The fourth-order valence-corrected chi connectivity index (χ4v) is 1.92. The van der Waals surface area contributed by atoms with Crippen LogP contribution in [-0.2, 0) is 13.6 Å². The summed E-state index contributed by atoms with van der Waals surface area (Å²) in [5.74, 6) is 0. The van der Waals surface area contributed by atoms with Gasteiger partial charge < -0.3 is 0 Å². The van der Waals surface area contributed by atoms with Gasteiger partial charge in [0, 0.05) is 16.7 Å². The van der Waals surface area contributed by atoms with Gasteiger partial charge in [-0.05, 0) is 0 Å². The van der Waals surface area contributed by atoms with E-state index in [4.69, 9.17) is 11.2 Å². The van der Waals surface area contributed by atoms with Crippen molar-refractivity contribution in [2.75, 3.05) is 19.9 Å². The molecule has 0 amide bonds. The van der Waals surface area contributed by atoms with Crippen molar-refractivity contribution in [1.82, 2.24) is 0 Å². The second-order valence-corrected chi connectivity index (χ2v) is 5.54. The molecule has 0 aromatic carbocycles. The summed E-state index contributed by atoms with van der Waals surface area (Å²) in [7, 11) is 0. The molecule has 1 saturated heterocycles. The van der Waals surface area contributed by atoms with Gasteiger partial charge in [0.2, 0.25) is 0 Å². The summed E-state index contributed by atoms with van der Waals surface area (Å²) in [5, 5.41) is 0. The fourth-order valence-electron chi connectivity index (χ4n) is 0.622. The van der Waals surface area contributed by atoms with E-state index in [1.165, 1.54) is 0 Å². The molecule has 1 fully saturated rings. The van der Waals surface area contributed by atoms with Gasteiger partial charge in [-0.3, -0.25) is 13.4 Å². The third-order valence-electron chi connectivity index (χ3n) is 1.46. The minimum absolute atomic E-state index is 0.0459. The maximum Gasteiger partial charge on any atom is 0.424 e. The summed E-state index contributed by atoms with van der Waals surface area (Å²) in [4.78, 5) is 0. The highest BCUT2D eigenvalue weighted by Crippen LogP contribution is 2.57. The Hall–Kier alpha value is 0.370. The highest BCUT2D eigenvalue weighted by Gasteiger charge is 2.38. The van der Waals surface area contributed by atoms with E-state index in [9.17, 15) is 8.96 Å². The number of hydrogen-bond acceptors (Lipinski definition) is 3. The van der Waals surface area contributed by atoms with E-state index in [1.807, 2.05) is 0 Å². The first-order valence-electron chi connectivity index (χ1n) is 3.12. The Morgan fingerprint density at radius 3 is 2.45 bits per heavy atom. The zero-order valence-corrected chi connectivity index (χ0v) is 7.70. The van der Waals surface area contributed by atoms with Gasteiger partial charge in [-0.25, -0.2) is 4.57 Å². The molecular formula is C5H9ClFO3P. The van der Waals surface area contributed by atoms with Crippen LogP contribution in [0.3, 0.4) is 0 Å². The Morgan fingerprint density at radius 1 is 1.64 bits per heavy atom. The summed E-state index contributed by atoms with van der Waals surface area (Å²) >= 11 is 5.24. The Kier molecular flexibility index (Phi) is 2.59. The quantitative estimate of drug-likeness (QED) is 0.613. The van der Waals surface area contributed by atoms with Gasteiger partial charge in [-0.1, -0.05) is 6.92 Å². The standard InChI is InChI=1S/C5H9ClFO3P/c1-5(2-7)3-9-11(6,8)10-4-5/h2-4H2,1H3. The first-order valence-corrected chi connectivity index (χ1v) is 5.57. The van der Waals surface area contributed by atoms with Crippen molar-refractivity contribution < 1.29 is 18.0 Å². The number of alkyl halides is 1. The lowest BCUT2D eigenvalue weighted by Crippen LogP contribution is -2.33. The smallest absolute Gasteiger partial charge is 0.296 e. The molecule has 0 bridgehead atoms. The number of rotatable bonds is 1. The molecule has 0 radical (unpaired) electrons. The van der Waals surface area contributed by atoms with Crippen LogP contribution in [0.15, 0.2) is 0 Å². The van der Waals surface area contributed by atoms with Crippen molar-refractivity contribution in [1.29, 1.82) is 0 Å². The first-order chi connectivity index (χ1) is 4.97. The summed E-state index contributed by atoms with van der Waals surface area (Å²) < 4.78 is 32.3. The summed E-state index contributed by atoms with van der Waals surface area (Å²) in [5.41, 5.74) is -0.692. The maximum atomic E-state index is 12.2. The zero-order valence-electron chi connectivity index (χ0n) is 6.05. The molecule has 1 heterocycles. The van der Waals surface area contributed by atoms with Crippen LogP contribution >= 0.6 is 18.2 Å². The predicted molar refractivity (Wildman–Crippen MR) is 39.4 cm³/mol. The van der Waals surface area contributed by atoms with Crippen LogP contribution in [0.2, 0.25) is 0 Å². The van der Waals surface area contributed by atoms with Crippen molar-refractivity contribution >= 4 is 18.2 Å². The van der Waals surface area contributed by atoms with E-state index in [2.05, 4.69) is 9.05 Å². The lowest BCUT2D eigenvalue weighted by atomic mass is 9.95. The van der Waals surface area contributed by atoms with Crippen LogP contribution in [0.25, 0.3) is 0 Å². The third kappa shape index (κ3) is 2.41. The van der Waals surface area contributed by atoms with E-state index >= 15 is 0 Å². The van der Waals surface area contributed by atoms with E-state index in [1.54, 1.807) is 6.92 Å². The molecule has 3 nitrogen and oxygen atoms in total. The minimum atomic E-state index is -3.37. The van der Waals surface area contributed by atoms with E-state index < -0.39 is 19.0 Å².